The summed E-state index contributed by atoms with van der Waals surface area (Å²) in [6.07, 6.45) is 1.57. The zero-order valence-electron chi connectivity index (χ0n) is 9.48. The lowest BCUT2D eigenvalue weighted by Gasteiger charge is -2.38. The lowest BCUT2D eigenvalue weighted by Crippen LogP contribution is -2.49. The fourth-order valence-corrected chi connectivity index (χ4v) is 2.25. The molecule has 0 aromatic heterocycles. The van der Waals surface area contributed by atoms with Crippen molar-refractivity contribution in [1.29, 1.82) is 0 Å². The zero-order chi connectivity index (χ0) is 11.5. The topological polar surface area (TPSA) is 55.8 Å². The number of carbonyl (C=O) groups is 2. The van der Waals surface area contributed by atoms with Gasteiger partial charge in [-0.3, -0.25) is 9.59 Å². The maximum absolute atomic E-state index is 12.1. The number of ether oxygens (including phenoxy) is 2. The maximum Gasteiger partial charge on any atom is 0.309 e. The molecule has 2 aliphatic rings. The van der Waals surface area contributed by atoms with Crippen molar-refractivity contribution >= 4 is 11.9 Å². The minimum absolute atomic E-state index is 0.0879. The van der Waals surface area contributed by atoms with Crippen LogP contribution < -0.4 is 0 Å². The monoisotopic (exact) mass is 227 g/mol. The Labute approximate surface area is 94.7 Å². The molecule has 0 N–H and O–H groups in total. The van der Waals surface area contributed by atoms with Gasteiger partial charge in [0.1, 0.15) is 0 Å². The summed E-state index contributed by atoms with van der Waals surface area (Å²) in [5.74, 6) is -0.547. The van der Waals surface area contributed by atoms with Gasteiger partial charge in [0.15, 0.2) is 0 Å². The second kappa shape index (κ2) is 4.82. The number of hydrogen-bond acceptors (Lipinski definition) is 4. The van der Waals surface area contributed by atoms with Crippen LogP contribution in [-0.2, 0) is 19.1 Å². The van der Waals surface area contributed by atoms with Gasteiger partial charge in [0, 0.05) is 13.1 Å². The van der Waals surface area contributed by atoms with Crippen LogP contribution in [0, 0.1) is 11.8 Å². The Morgan fingerprint density at radius 3 is 2.31 bits per heavy atom. The summed E-state index contributed by atoms with van der Waals surface area (Å²) >= 11 is 0. The molecule has 0 aromatic rings. The first kappa shape index (κ1) is 11.4. The highest BCUT2D eigenvalue weighted by Crippen LogP contribution is 2.36. The van der Waals surface area contributed by atoms with Gasteiger partial charge in [0.25, 0.3) is 0 Å². The molecule has 16 heavy (non-hydrogen) atoms. The zero-order valence-corrected chi connectivity index (χ0v) is 9.48. The normalized spacial score (nSPS) is 29.4. The number of morpholine rings is 1. The Kier molecular flexibility index (Phi) is 3.43. The standard InChI is InChI=1S/C11H17NO4/c1-15-11(14)9-3-2-8(9)10(13)12-4-6-16-7-5-12/h8-9H,2-7H2,1H3/t8-,9-/m0/s1. The third-order valence-corrected chi connectivity index (χ3v) is 3.42. The molecule has 0 aromatic carbocycles. The molecule has 2 rings (SSSR count). The summed E-state index contributed by atoms with van der Waals surface area (Å²) in [5, 5.41) is 0. The number of hydrogen-bond donors (Lipinski definition) is 0. The summed E-state index contributed by atoms with van der Waals surface area (Å²) in [6, 6.07) is 0. The summed E-state index contributed by atoms with van der Waals surface area (Å²) in [4.78, 5) is 25.2. The molecule has 1 amide bonds. The average Bonchev–Trinajstić information content (AvgIpc) is 2.28. The number of rotatable bonds is 2. The van der Waals surface area contributed by atoms with E-state index in [2.05, 4.69) is 4.74 Å². The molecule has 2 atom stereocenters. The van der Waals surface area contributed by atoms with E-state index in [0.29, 0.717) is 26.3 Å². The van der Waals surface area contributed by atoms with Crippen LogP contribution in [-0.4, -0.2) is 50.2 Å². The van der Waals surface area contributed by atoms with E-state index in [0.717, 1.165) is 12.8 Å². The van der Waals surface area contributed by atoms with E-state index < -0.39 is 0 Å². The van der Waals surface area contributed by atoms with E-state index in [4.69, 9.17) is 4.74 Å². The molecule has 5 heteroatoms. The highest BCUT2D eigenvalue weighted by atomic mass is 16.5. The molecule has 1 saturated carbocycles. The maximum atomic E-state index is 12.1. The molecule has 1 aliphatic carbocycles. The summed E-state index contributed by atoms with van der Waals surface area (Å²) in [7, 11) is 1.37. The Morgan fingerprint density at radius 2 is 1.81 bits per heavy atom. The Hall–Kier alpha value is -1.10. The van der Waals surface area contributed by atoms with Gasteiger partial charge in [0.2, 0.25) is 5.91 Å². The summed E-state index contributed by atoms with van der Waals surface area (Å²) in [5.41, 5.74) is 0. The number of nitrogens with zero attached hydrogens (tertiary/aromatic N) is 1. The van der Waals surface area contributed by atoms with Crippen LogP contribution in [0.2, 0.25) is 0 Å². The van der Waals surface area contributed by atoms with Crippen LogP contribution in [0.4, 0.5) is 0 Å². The Balaban J connectivity index is 1.91. The van der Waals surface area contributed by atoms with Crippen molar-refractivity contribution in [2.45, 2.75) is 12.8 Å². The first-order chi connectivity index (χ1) is 7.74. The quantitative estimate of drug-likeness (QED) is 0.625. The lowest BCUT2D eigenvalue weighted by atomic mass is 9.73. The first-order valence-electron chi connectivity index (χ1n) is 5.68. The van der Waals surface area contributed by atoms with Crippen LogP contribution in [0.25, 0.3) is 0 Å². The number of carbonyl (C=O) groups excluding carboxylic acids is 2. The molecule has 2 fully saturated rings. The van der Waals surface area contributed by atoms with Crippen molar-refractivity contribution in [2.75, 3.05) is 33.4 Å². The minimum Gasteiger partial charge on any atom is -0.469 e. The van der Waals surface area contributed by atoms with Crippen LogP contribution in [0.1, 0.15) is 12.8 Å². The number of methoxy groups -OCH3 is 1. The van der Waals surface area contributed by atoms with E-state index in [1.807, 2.05) is 0 Å². The molecule has 5 nitrogen and oxygen atoms in total. The SMILES string of the molecule is COC(=O)[C@H]1CC[C@@H]1C(=O)N1CCOCC1. The molecular weight excluding hydrogens is 210 g/mol. The summed E-state index contributed by atoms with van der Waals surface area (Å²) in [6.45, 7) is 2.48. The fourth-order valence-electron chi connectivity index (χ4n) is 2.25. The van der Waals surface area contributed by atoms with Crippen molar-refractivity contribution in [2.24, 2.45) is 11.8 Å². The van der Waals surface area contributed by atoms with Gasteiger partial charge in [-0.15, -0.1) is 0 Å². The molecule has 1 aliphatic heterocycles. The Morgan fingerprint density at radius 1 is 1.19 bits per heavy atom. The van der Waals surface area contributed by atoms with Crippen LogP contribution in [0.3, 0.4) is 0 Å². The second-order valence-corrected chi connectivity index (χ2v) is 4.25. The van der Waals surface area contributed by atoms with Crippen LogP contribution in [0.15, 0.2) is 0 Å². The Bertz CT molecular complexity index is 286. The van der Waals surface area contributed by atoms with Gasteiger partial charge in [-0.1, -0.05) is 0 Å². The van der Waals surface area contributed by atoms with Gasteiger partial charge in [-0.2, -0.15) is 0 Å². The molecule has 1 saturated heterocycles. The van der Waals surface area contributed by atoms with Crippen molar-refractivity contribution < 1.29 is 19.1 Å². The molecule has 1 heterocycles. The molecule has 0 radical (unpaired) electrons. The fraction of sp³-hybridized carbons (Fsp3) is 0.818. The largest absolute Gasteiger partial charge is 0.469 e. The van der Waals surface area contributed by atoms with Gasteiger partial charge >= 0.3 is 5.97 Å². The van der Waals surface area contributed by atoms with Gasteiger partial charge in [0.05, 0.1) is 32.2 Å². The van der Waals surface area contributed by atoms with Crippen molar-refractivity contribution in [1.82, 2.24) is 4.90 Å². The third-order valence-electron chi connectivity index (χ3n) is 3.42. The third kappa shape index (κ3) is 2.04. The van der Waals surface area contributed by atoms with E-state index in [9.17, 15) is 9.59 Å². The minimum atomic E-state index is -0.252. The lowest BCUT2D eigenvalue weighted by molar-refractivity contribution is -0.160. The number of amides is 1. The van der Waals surface area contributed by atoms with E-state index in [-0.39, 0.29) is 23.7 Å². The van der Waals surface area contributed by atoms with E-state index in [1.54, 1.807) is 4.90 Å². The second-order valence-electron chi connectivity index (χ2n) is 4.25. The summed E-state index contributed by atoms with van der Waals surface area (Å²) < 4.78 is 9.88. The molecular formula is C11H17NO4. The predicted molar refractivity (Wildman–Crippen MR) is 55.6 cm³/mol. The molecule has 90 valence electrons. The van der Waals surface area contributed by atoms with Gasteiger partial charge in [-0.25, -0.2) is 0 Å². The van der Waals surface area contributed by atoms with E-state index >= 15 is 0 Å². The highest BCUT2D eigenvalue weighted by Gasteiger charge is 2.43. The van der Waals surface area contributed by atoms with E-state index in [1.165, 1.54) is 7.11 Å². The highest BCUT2D eigenvalue weighted by molar-refractivity contribution is 5.87. The smallest absolute Gasteiger partial charge is 0.309 e. The molecule has 0 unspecified atom stereocenters. The van der Waals surface area contributed by atoms with Crippen LogP contribution in [0.5, 0.6) is 0 Å². The van der Waals surface area contributed by atoms with Crippen molar-refractivity contribution in [3.05, 3.63) is 0 Å². The predicted octanol–water partition coefficient (Wildman–Crippen LogP) is 0.0444. The van der Waals surface area contributed by atoms with Crippen molar-refractivity contribution in [3.8, 4) is 0 Å². The first-order valence-corrected chi connectivity index (χ1v) is 5.68. The molecule has 0 bridgehead atoms. The van der Waals surface area contributed by atoms with Crippen LogP contribution >= 0.6 is 0 Å². The number of esters is 1. The van der Waals surface area contributed by atoms with Crippen molar-refractivity contribution in [3.63, 3.8) is 0 Å². The van der Waals surface area contributed by atoms with Gasteiger partial charge in [-0.05, 0) is 12.8 Å². The average molecular weight is 227 g/mol. The van der Waals surface area contributed by atoms with Gasteiger partial charge < -0.3 is 14.4 Å². The molecule has 0 spiro atoms.